The van der Waals surface area contributed by atoms with E-state index in [0.717, 1.165) is 11.8 Å². The van der Waals surface area contributed by atoms with Crippen molar-refractivity contribution >= 4 is 28.7 Å². The number of thioether (sulfide) groups is 2. The quantitative estimate of drug-likeness (QED) is 0.826. The van der Waals surface area contributed by atoms with Crippen LogP contribution in [0.4, 0.5) is 0 Å². The molecule has 0 aliphatic carbocycles. The van der Waals surface area contributed by atoms with Crippen LogP contribution in [0.3, 0.4) is 0 Å². The fraction of sp³-hybridized carbons (Fsp3) is 0.909. The minimum Gasteiger partial charge on any atom is -0.362 e. The molecule has 0 bridgehead atoms. The maximum absolute atomic E-state index is 4.59. The van der Waals surface area contributed by atoms with E-state index in [9.17, 15) is 0 Å². The van der Waals surface area contributed by atoms with Gasteiger partial charge in [0.05, 0.1) is 6.54 Å². The lowest BCUT2D eigenvalue weighted by Gasteiger charge is -2.23. The molecule has 2 heterocycles. The number of aliphatic imine (C=N–C) groups is 1. The highest BCUT2D eigenvalue weighted by molar-refractivity contribution is 8.14. The minimum absolute atomic E-state index is 0.692. The molecule has 0 spiro atoms. The number of nitrogens with zero attached hydrogens (tertiary/aromatic N) is 1. The second-order valence-corrected chi connectivity index (χ2v) is 6.72. The molecule has 15 heavy (non-hydrogen) atoms. The van der Waals surface area contributed by atoms with Gasteiger partial charge in [-0.3, -0.25) is 4.99 Å². The van der Waals surface area contributed by atoms with Gasteiger partial charge in [-0.2, -0.15) is 11.8 Å². The van der Waals surface area contributed by atoms with E-state index in [0.29, 0.717) is 6.04 Å². The number of hydrogen-bond acceptors (Lipinski definition) is 4. The molecule has 1 atom stereocenters. The zero-order valence-corrected chi connectivity index (χ0v) is 11.0. The molecule has 0 aromatic rings. The summed E-state index contributed by atoms with van der Waals surface area (Å²) in [7, 11) is 0. The van der Waals surface area contributed by atoms with Crippen LogP contribution in [0, 0.1) is 0 Å². The molecule has 0 saturated carbocycles. The van der Waals surface area contributed by atoms with Gasteiger partial charge in [-0.15, -0.1) is 0 Å². The van der Waals surface area contributed by atoms with Crippen LogP contribution in [0.2, 0.25) is 0 Å². The highest BCUT2D eigenvalue weighted by atomic mass is 32.2. The average molecular weight is 244 g/mol. The smallest absolute Gasteiger partial charge is 0.157 e. The zero-order valence-electron chi connectivity index (χ0n) is 9.37. The number of hydrogen-bond donors (Lipinski definition) is 1. The molecule has 0 aromatic carbocycles. The van der Waals surface area contributed by atoms with Gasteiger partial charge in [0.15, 0.2) is 5.17 Å². The summed E-state index contributed by atoms with van der Waals surface area (Å²) in [5.41, 5.74) is 0. The summed E-state index contributed by atoms with van der Waals surface area (Å²) in [6, 6.07) is 0.692. The Morgan fingerprint density at radius 1 is 1.40 bits per heavy atom. The lowest BCUT2D eigenvalue weighted by atomic mass is 10.2. The van der Waals surface area contributed by atoms with E-state index < -0.39 is 0 Å². The fourth-order valence-electron chi connectivity index (χ4n) is 1.99. The van der Waals surface area contributed by atoms with Crippen LogP contribution < -0.4 is 5.32 Å². The van der Waals surface area contributed by atoms with Gasteiger partial charge >= 0.3 is 0 Å². The zero-order chi connectivity index (χ0) is 10.5. The van der Waals surface area contributed by atoms with Crippen LogP contribution in [-0.2, 0) is 0 Å². The van der Waals surface area contributed by atoms with Crippen molar-refractivity contribution < 1.29 is 0 Å². The van der Waals surface area contributed by atoms with Crippen molar-refractivity contribution in [3.05, 3.63) is 0 Å². The topological polar surface area (TPSA) is 24.4 Å². The van der Waals surface area contributed by atoms with E-state index >= 15 is 0 Å². The average Bonchev–Trinajstić information content (AvgIpc) is 2.68. The molecule has 2 rings (SSSR count). The Bertz CT molecular complexity index is 225. The van der Waals surface area contributed by atoms with Crippen LogP contribution in [0.5, 0.6) is 0 Å². The molecule has 2 nitrogen and oxygen atoms in total. The first-order valence-electron chi connectivity index (χ1n) is 5.94. The summed E-state index contributed by atoms with van der Waals surface area (Å²) in [6.07, 6.45) is 5.20. The molecule has 1 fully saturated rings. The predicted molar refractivity (Wildman–Crippen MR) is 72.1 cm³/mol. The van der Waals surface area contributed by atoms with Gasteiger partial charge in [-0.25, -0.2) is 0 Å². The molecule has 0 aromatic heterocycles. The third-order valence-corrected chi connectivity index (χ3v) is 5.11. The molecule has 86 valence electrons. The Balaban J connectivity index is 1.71. The van der Waals surface area contributed by atoms with Crippen LogP contribution in [0.1, 0.15) is 32.6 Å². The fourth-order valence-corrected chi connectivity index (χ4v) is 4.29. The summed E-state index contributed by atoms with van der Waals surface area (Å²) < 4.78 is 0. The van der Waals surface area contributed by atoms with E-state index in [4.69, 9.17) is 0 Å². The third-order valence-electron chi connectivity index (χ3n) is 2.88. The van der Waals surface area contributed by atoms with Gasteiger partial charge < -0.3 is 5.32 Å². The summed E-state index contributed by atoms with van der Waals surface area (Å²) in [6.45, 7) is 3.28. The van der Waals surface area contributed by atoms with Gasteiger partial charge in [0.1, 0.15) is 0 Å². The number of nitrogens with one attached hydrogen (secondary N) is 1. The SMILES string of the molecule is CCCC1CN=C(NC2CCSCC2)S1. The third kappa shape index (κ3) is 3.59. The number of rotatable bonds is 3. The van der Waals surface area contributed by atoms with Gasteiger partial charge in [-0.1, -0.05) is 25.1 Å². The molecule has 2 aliphatic rings. The molecular formula is C11H20N2S2. The van der Waals surface area contributed by atoms with Crippen molar-refractivity contribution in [3.63, 3.8) is 0 Å². The van der Waals surface area contributed by atoms with Crippen molar-refractivity contribution in [1.82, 2.24) is 5.32 Å². The van der Waals surface area contributed by atoms with Gasteiger partial charge in [0.25, 0.3) is 0 Å². The Hall–Kier alpha value is 0.170. The van der Waals surface area contributed by atoms with Crippen LogP contribution >= 0.6 is 23.5 Å². The van der Waals surface area contributed by atoms with Gasteiger partial charge in [0, 0.05) is 11.3 Å². The van der Waals surface area contributed by atoms with Crippen LogP contribution in [-0.4, -0.2) is 34.5 Å². The van der Waals surface area contributed by atoms with E-state index in [1.165, 1.54) is 42.4 Å². The summed E-state index contributed by atoms with van der Waals surface area (Å²) >= 11 is 4.04. The molecule has 0 radical (unpaired) electrons. The van der Waals surface area contributed by atoms with Crippen LogP contribution in [0.15, 0.2) is 4.99 Å². The van der Waals surface area contributed by atoms with Crippen molar-refractivity contribution in [2.45, 2.75) is 43.9 Å². The first-order valence-corrected chi connectivity index (χ1v) is 7.97. The normalized spacial score (nSPS) is 27.8. The first-order chi connectivity index (χ1) is 7.38. The molecule has 0 amide bonds. The van der Waals surface area contributed by atoms with E-state index in [2.05, 4.69) is 29.0 Å². The highest BCUT2D eigenvalue weighted by Gasteiger charge is 2.21. The molecule has 4 heteroatoms. The maximum Gasteiger partial charge on any atom is 0.157 e. The van der Waals surface area contributed by atoms with Crippen molar-refractivity contribution in [1.29, 1.82) is 0 Å². The van der Waals surface area contributed by atoms with Crippen molar-refractivity contribution in [2.24, 2.45) is 4.99 Å². The standard InChI is InChI=1S/C11H20N2S2/c1-2-3-10-8-12-11(15-10)13-9-4-6-14-7-5-9/h9-10H,2-8H2,1H3,(H,12,13). The minimum atomic E-state index is 0.692. The monoisotopic (exact) mass is 244 g/mol. The summed E-state index contributed by atoms with van der Waals surface area (Å²) in [4.78, 5) is 4.59. The van der Waals surface area contributed by atoms with Gasteiger partial charge in [0.2, 0.25) is 0 Å². The summed E-state index contributed by atoms with van der Waals surface area (Å²) in [5.74, 6) is 2.63. The van der Waals surface area contributed by atoms with Gasteiger partial charge in [-0.05, 0) is 30.8 Å². The Morgan fingerprint density at radius 2 is 2.20 bits per heavy atom. The van der Waals surface area contributed by atoms with E-state index in [1.807, 2.05) is 11.8 Å². The molecule has 1 N–H and O–H groups in total. The van der Waals surface area contributed by atoms with Crippen LogP contribution in [0.25, 0.3) is 0 Å². The van der Waals surface area contributed by atoms with E-state index in [-0.39, 0.29) is 0 Å². The number of amidine groups is 1. The molecule has 1 unspecified atom stereocenters. The van der Waals surface area contributed by atoms with E-state index in [1.54, 1.807) is 0 Å². The second kappa shape index (κ2) is 6.04. The lowest BCUT2D eigenvalue weighted by molar-refractivity contribution is 0.570. The first kappa shape index (κ1) is 11.6. The largest absolute Gasteiger partial charge is 0.362 e. The Kier molecular flexibility index (Phi) is 4.69. The summed E-state index contributed by atoms with van der Waals surface area (Å²) in [5, 5.41) is 5.56. The molecule has 2 aliphatic heterocycles. The van der Waals surface area contributed by atoms with Crippen molar-refractivity contribution in [3.8, 4) is 0 Å². The Labute approximate surface area is 101 Å². The Morgan fingerprint density at radius 3 is 2.93 bits per heavy atom. The molecular weight excluding hydrogens is 224 g/mol. The maximum atomic E-state index is 4.59. The lowest BCUT2D eigenvalue weighted by Crippen LogP contribution is -2.35. The predicted octanol–water partition coefficient (Wildman–Crippen LogP) is 2.74. The molecule has 1 saturated heterocycles. The highest BCUT2D eigenvalue weighted by Crippen LogP contribution is 2.25. The second-order valence-electron chi connectivity index (χ2n) is 4.21. The van der Waals surface area contributed by atoms with Crippen molar-refractivity contribution in [2.75, 3.05) is 18.1 Å².